The average molecular weight is 379 g/mol. The zero-order valence-corrected chi connectivity index (χ0v) is 15.5. The third-order valence-corrected chi connectivity index (χ3v) is 6.17. The van der Waals surface area contributed by atoms with Crippen LogP contribution in [0.15, 0.2) is 53.3 Å². The SMILES string of the molecule is O=C([C@H]1C[C@H]1c1ccc(F)cc1)N1CCC(n2c(=O)[nH]c3ccccc32)CC1. The minimum Gasteiger partial charge on any atom is -0.342 e. The highest BCUT2D eigenvalue weighted by Gasteiger charge is 2.46. The van der Waals surface area contributed by atoms with Crippen LogP contribution in [0, 0.1) is 11.7 Å². The first kappa shape index (κ1) is 17.2. The zero-order valence-electron chi connectivity index (χ0n) is 15.5. The predicted octanol–water partition coefficient (Wildman–Crippen LogP) is 3.44. The number of para-hydroxylation sites is 2. The van der Waals surface area contributed by atoms with E-state index in [4.69, 9.17) is 0 Å². The highest BCUT2D eigenvalue weighted by molar-refractivity contribution is 5.83. The molecule has 1 amide bonds. The summed E-state index contributed by atoms with van der Waals surface area (Å²) >= 11 is 0. The number of H-pyrrole nitrogens is 1. The molecule has 0 unspecified atom stereocenters. The van der Waals surface area contributed by atoms with E-state index in [0.29, 0.717) is 13.1 Å². The third-order valence-electron chi connectivity index (χ3n) is 6.17. The van der Waals surface area contributed by atoms with Crippen molar-refractivity contribution in [3.05, 3.63) is 70.4 Å². The van der Waals surface area contributed by atoms with Gasteiger partial charge in [0, 0.05) is 25.0 Å². The minimum absolute atomic E-state index is 0.0119. The van der Waals surface area contributed by atoms with E-state index < -0.39 is 0 Å². The van der Waals surface area contributed by atoms with Crippen molar-refractivity contribution in [3.63, 3.8) is 0 Å². The highest BCUT2D eigenvalue weighted by atomic mass is 19.1. The van der Waals surface area contributed by atoms with Gasteiger partial charge in [0.15, 0.2) is 0 Å². The van der Waals surface area contributed by atoms with Crippen molar-refractivity contribution in [2.45, 2.75) is 31.2 Å². The number of rotatable bonds is 3. The van der Waals surface area contributed by atoms with Crippen molar-refractivity contribution in [1.29, 1.82) is 0 Å². The number of nitrogens with zero attached hydrogens (tertiary/aromatic N) is 2. The number of aromatic amines is 1. The minimum atomic E-state index is -0.248. The number of amides is 1. The van der Waals surface area contributed by atoms with Crippen LogP contribution in [-0.2, 0) is 4.79 Å². The third kappa shape index (κ3) is 2.93. The van der Waals surface area contributed by atoms with Gasteiger partial charge in [0.2, 0.25) is 5.91 Å². The van der Waals surface area contributed by atoms with Crippen LogP contribution >= 0.6 is 0 Å². The molecule has 1 aliphatic carbocycles. The van der Waals surface area contributed by atoms with E-state index in [0.717, 1.165) is 35.9 Å². The first-order valence-corrected chi connectivity index (χ1v) is 9.85. The van der Waals surface area contributed by atoms with E-state index in [9.17, 15) is 14.0 Å². The van der Waals surface area contributed by atoms with E-state index in [1.807, 2.05) is 33.7 Å². The van der Waals surface area contributed by atoms with Gasteiger partial charge in [0.25, 0.3) is 0 Å². The molecular weight excluding hydrogens is 357 g/mol. The Morgan fingerprint density at radius 2 is 1.75 bits per heavy atom. The molecule has 28 heavy (non-hydrogen) atoms. The lowest BCUT2D eigenvalue weighted by atomic mass is 10.0. The Bertz CT molecular complexity index is 1080. The average Bonchev–Trinajstić information content (AvgIpc) is 3.44. The molecule has 2 aromatic carbocycles. The van der Waals surface area contributed by atoms with Crippen LogP contribution in [0.4, 0.5) is 4.39 Å². The van der Waals surface area contributed by atoms with Crippen molar-refractivity contribution < 1.29 is 9.18 Å². The second kappa shape index (κ2) is 6.62. The lowest BCUT2D eigenvalue weighted by molar-refractivity contribution is -0.134. The largest absolute Gasteiger partial charge is 0.342 e. The smallest absolute Gasteiger partial charge is 0.326 e. The Hall–Kier alpha value is -2.89. The molecule has 2 aliphatic rings. The number of hydrogen-bond acceptors (Lipinski definition) is 2. The summed E-state index contributed by atoms with van der Waals surface area (Å²) in [6, 6.07) is 14.3. The van der Waals surface area contributed by atoms with Gasteiger partial charge in [0.1, 0.15) is 5.82 Å². The number of aromatic nitrogens is 2. The van der Waals surface area contributed by atoms with Gasteiger partial charge in [-0.2, -0.15) is 0 Å². The van der Waals surface area contributed by atoms with Crippen LogP contribution in [0.2, 0.25) is 0 Å². The summed E-state index contributed by atoms with van der Waals surface area (Å²) in [5.41, 5.74) is 2.74. The van der Waals surface area contributed by atoms with Gasteiger partial charge in [-0.05, 0) is 55.0 Å². The number of carbonyl (C=O) groups excluding carboxylic acids is 1. The summed E-state index contributed by atoms with van der Waals surface area (Å²) in [6.45, 7) is 1.34. The molecule has 1 saturated carbocycles. The summed E-state index contributed by atoms with van der Waals surface area (Å²) in [6.07, 6.45) is 2.40. The Balaban J connectivity index is 1.25. The summed E-state index contributed by atoms with van der Waals surface area (Å²) < 4.78 is 14.9. The molecule has 144 valence electrons. The van der Waals surface area contributed by atoms with Crippen LogP contribution in [-0.4, -0.2) is 33.4 Å². The normalized spacial score (nSPS) is 22.5. The van der Waals surface area contributed by atoms with Gasteiger partial charge in [-0.3, -0.25) is 9.36 Å². The molecule has 3 aromatic rings. The van der Waals surface area contributed by atoms with Crippen molar-refractivity contribution in [2.24, 2.45) is 5.92 Å². The Kier molecular flexibility index (Phi) is 4.07. The van der Waals surface area contributed by atoms with Gasteiger partial charge in [-0.15, -0.1) is 0 Å². The number of piperidine rings is 1. The predicted molar refractivity (Wildman–Crippen MR) is 105 cm³/mol. The maximum absolute atomic E-state index is 13.1. The highest BCUT2D eigenvalue weighted by Crippen LogP contribution is 2.48. The molecule has 1 saturated heterocycles. The standard InChI is InChI=1S/C22H22FN3O2/c23-15-7-5-14(6-8-15)17-13-18(17)21(27)25-11-9-16(10-12-25)26-20-4-2-1-3-19(20)24-22(26)28/h1-8,16-18H,9-13H2,(H,24,28)/t17-,18-/m0/s1. The number of nitrogens with one attached hydrogen (secondary N) is 1. The molecule has 6 heteroatoms. The molecule has 0 bridgehead atoms. The number of benzene rings is 2. The molecule has 1 aliphatic heterocycles. The van der Waals surface area contributed by atoms with Gasteiger partial charge >= 0.3 is 5.69 Å². The number of likely N-dealkylation sites (tertiary alicyclic amines) is 1. The first-order valence-electron chi connectivity index (χ1n) is 9.85. The quantitative estimate of drug-likeness (QED) is 0.758. The molecule has 2 fully saturated rings. The first-order chi connectivity index (χ1) is 13.6. The maximum Gasteiger partial charge on any atom is 0.326 e. The molecule has 5 rings (SSSR count). The van der Waals surface area contributed by atoms with E-state index >= 15 is 0 Å². The summed E-state index contributed by atoms with van der Waals surface area (Å²) in [5.74, 6) is 0.167. The van der Waals surface area contributed by atoms with Gasteiger partial charge in [0.05, 0.1) is 11.0 Å². The van der Waals surface area contributed by atoms with Crippen molar-refractivity contribution in [2.75, 3.05) is 13.1 Å². The molecule has 1 N–H and O–H groups in total. The van der Waals surface area contributed by atoms with Crippen LogP contribution in [0.25, 0.3) is 11.0 Å². The maximum atomic E-state index is 13.1. The van der Waals surface area contributed by atoms with Crippen LogP contribution in [0.3, 0.4) is 0 Å². The summed E-state index contributed by atoms with van der Waals surface area (Å²) in [7, 11) is 0. The van der Waals surface area contributed by atoms with E-state index in [1.165, 1.54) is 12.1 Å². The van der Waals surface area contributed by atoms with Gasteiger partial charge in [-0.1, -0.05) is 24.3 Å². The summed E-state index contributed by atoms with van der Waals surface area (Å²) in [5, 5.41) is 0. The fraction of sp³-hybridized carbons (Fsp3) is 0.364. The van der Waals surface area contributed by atoms with Crippen LogP contribution < -0.4 is 5.69 Å². The molecular formula is C22H22FN3O2. The van der Waals surface area contributed by atoms with Crippen molar-refractivity contribution >= 4 is 16.9 Å². The Morgan fingerprint density at radius 1 is 1.04 bits per heavy atom. The molecule has 2 heterocycles. The second-order valence-electron chi connectivity index (χ2n) is 7.87. The fourth-order valence-corrected chi connectivity index (χ4v) is 4.56. The lowest BCUT2D eigenvalue weighted by Gasteiger charge is -2.32. The summed E-state index contributed by atoms with van der Waals surface area (Å²) in [4.78, 5) is 30.1. The van der Waals surface area contributed by atoms with Crippen molar-refractivity contribution in [1.82, 2.24) is 14.5 Å². The molecule has 0 radical (unpaired) electrons. The Morgan fingerprint density at radius 3 is 2.50 bits per heavy atom. The molecule has 0 spiro atoms. The van der Waals surface area contributed by atoms with E-state index in [-0.39, 0.29) is 35.3 Å². The molecule has 1 aromatic heterocycles. The number of hydrogen-bond donors (Lipinski definition) is 1. The number of carbonyl (C=O) groups is 1. The zero-order chi connectivity index (χ0) is 19.3. The van der Waals surface area contributed by atoms with Crippen LogP contribution in [0.5, 0.6) is 0 Å². The number of imidazole rings is 1. The fourth-order valence-electron chi connectivity index (χ4n) is 4.56. The Labute approximate surface area is 161 Å². The molecule has 5 nitrogen and oxygen atoms in total. The monoisotopic (exact) mass is 379 g/mol. The van der Waals surface area contributed by atoms with Crippen LogP contribution in [0.1, 0.15) is 36.8 Å². The number of halogens is 1. The van der Waals surface area contributed by atoms with Crippen molar-refractivity contribution in [3.8, 4) is 0 Å². The van der Waals surface area contributed by atoms with E-state index in [1.54, 1.807) is 12.1 Å². The topological polar surface area (TPSA) is 58.1 Å². The number of fused-ring (bicyclic) bond motifs is 1. The second-order valence-corrected chi connectivity index (χ2v) is 7.87. The van der Waals surface area contributed by atoms with Gasteiger partial charge < -0.3 is 9.88 Å². The molecule has 2 atom stereocenters. The lowest BCUT2D eigenvalue weighted by Crippen LogP contribution is -2.41. The van der Waals surface area contributed by atoms with E-state index in [2.05, 4.69) is 4.98 Å². The van der Waals surface area contributed by atoms with Gasteiger partial charge in [-0.25, -0.2) is 9.18 Å².